The zero-order chi connectivity index (χ0) is 20.6. The van der Waals surface area contributed by atoms with E-state index in [2.05, 4.69) is 15.6 Å². The van der Waals surface area contributed by atoms with Gasteiger partial charge in [-0.1, -0.05) is 48.5 Å². The normalized spacial score (nSPS) is 11.5. The van der Waals surface area contributed by atoms with Crippen molar-refractivity contribution in [2.45, 2.75) is 19.4 Å². The molecule has 1 atom stereocenters. The van der Waals surface area contributed by atoms with Gasteiger partial charge in [-0.2, -0.15) is 0 Å². The van der Waals surface area contributed by atoms with Crippen LogP contribution in [-0.2, 0) is 6.42 Å². The van der Waals surface area contributed by atoms with Crippen LogP contribution in [0.15, 0.2) is 72.8 Å². The van der Waals surface area contributed by atoms with Crippen molar-refractivity contribution in [2.24, 2.45) is 0 Å². The summed E-state index contributed by atoms with van der Waals surface area (Å²) < 4.78 is 12.9. The molecule has 6 heteroatoms. The van der Waals surface area contributed by atoms with Crippen molar-refractivity contribution in [1.82, 2.24) is 15.6 Å². The molecule has 2 aromatic carbocycles. The van der Waals surface area contributed by atoms with Crippen molar-refractivity contribution in [3.05, 3.63) is 101 Å². The highest BCUT2D eigenvalue weighted by molar-refractivity contribution is 5.96. The molecule has 148 valence electrons. The number of pyridine rings is 1. The number of amides is 2. The van der Waals surface area contributed by atoms with Crippen LogP contribution in [0.5, 0.6) is 0 Å². The van der Waals surface area contributed by atoms with Crippen molar-refractivity contribution in [1.29, 1.82) is 0 Å². The molecule has 5 nitrogen and oxygen atoms in total. The number of rotatable bonds is 7. The van der Waals surface area contributed by atoms with Crippen LogP contribution in [0.4, 0.5) is 4.39 Å². The van der Waals surface area contributed by atoms with Crippen molar-refractivity contribution < 1.29 is 14.0 Å². The monoisotopic (exact) mass is 391 g/mol. The summed E-state index contributed by atoms with van der Waals surface area (Å²) in [5, 5.41) is 5.65. The zero-order valence-corrected chi connectivity index (χ0v) is 16.1. The van der Waals surface area contributed by atoms with Gasteiger partial charge in [0.1, 0.15) is 17.2 Å². The molecule has 0 bridgehead atoms. The fraction of sp³-hybridized carbons (Fsp3) is 0.174. The first-order valence-electron chi connectivity index (χ1n) is 9.38. The van der Waals surface area contributed by atoms with Crippen LogP contribution in [0.2, 0.25) is 0 Å². The maximum Gasteiger partial charge on any atom is 0.270 e. The first-order chi connectivity index (χ1) is 14.0. The van der Waals surface area contributed by atoms with Gasteiger partial charge in [-0.3, -0.25) is 9.59 Å². The van der Waals surface area contributed by atoms with E-state index in [1.54, 1.807) is 30.3 Å². The summed E-state index contributed by atoms with van der Waals surface area (Å²) >= 11 is 0. The molecule has 2 amide bonds. The fourth-order valence-electron chi connectivity index (χ4n) is 2.85. The number of carbonyl (C=O) groups excluding carboxylic acids is 2. The van der Waals surface area contributed by atoms with E-state index < -0.39 is 0 Å². The molecular formula is C23H22FN3O2. The Kier molecular flexibility index (Phi) is 6.68. The third-order valence-electron chi connectivity index (χ3n) is 4.47. The van der Waals surface area contributed by atoms with Gasteiger partial charge < -0.3 is 10.6 Å². The minimum Gasteiger partial charge on any atom is -0.350 e. The van der Waals surface area contributed by atoms with Gasteiger partial charge in [0.15, 0.2) is 0 Å². The summed E-state index contributed by atoms with van der Waals surface area (Å²) in [4.78, 5) is 29.0. The third kappa shape index (κ3) is 5.72. The molecule has 3 aromatic rings. The lowest BCUT2D eigenvalue weighted by molar-refractivity contribution is 0.0933. The van der Waals surface area contributed by atoms with Crippen LogP contribution < -0.4 is 10.6 Å². The summed E-state index contributed by atoms with van der Waals surface area (Å²) in [7, 11) is 0. The first-order valence-corrected chi connectivity index (χ1v) is 9.38. The molecule has 3 rings (SSSR count). The molecule has 0 spiro atoms. The smallest absolute Gasteiger partial charge is 0.270 e. The van der Waals surface area contributed by atoms with Gasteiger partial charge in [-0.25, -0.2) is 9.37 Å². The van der Waals surface area contributed by atoms with Crippen LogP contribution in [0.3, 0.4) is 0 Å². The van der Waals surface area contributed by atoms with E-state index in [-0.39, 0.29) is 35.1 Å². The molecule has 29 heavy (non-hydrogen) atoms. The Morgan fingerprint density at radius 3 is 2.24 bits per heavy atom. The lowest BCUT2D eigenvalue weighted by atomic mass is 10.1. The lowest BCUT2D eigenvalue weighted by Crippen LogP contribution is -2.30. The van der Waals surface area contributed by atoms with Gasteiger partial charge >= 0.3 is 0 Å². The topological polar surface area (TPSA) is 71.1 Å². The second-order valence-electron chi connectivity index (χ2n) is 6.65. The molecule has 0 fully saturated rings. The van der Waals surface area contributed by atoms with Gasteiger partial charge in [0.2, 0.25) is 0 Å². The second-order valence-corrected chi connectivity index (χ2v) is 6.65. The van der Waals surface area contributed by atoms with E-state index in [0.29, 0.717) is 13.0 Å². The zero-order valence-electron chi connectivity index (χ0n) is 16.1. The molecular weight excluding hydrogens is 369 g/mol. The Balaban J connectivity index is 1.57. The summed E-state index contributed by atoms with van der Waals surface area (Å²) in [6, 6.07) is 20.3. The molecule has 1 unspecified atom stereocenters. The van der Waals surface area contributed by atoms with E-state index in [9.17, 15) is 14.0 Å². The van der Waals surface area contributed by atoms with E-state index in [4.69, 9.17) is 0 Å². The Hall–Kier alpha value is -3.54. The van der Waals surface area contributed by atoms with E-state index in [0.717, 1.165) is 11.1 Å². The maximum absolute atomic E-state index is 12.9. The van der Waals surface area contributed by atoms with E-state index >= 15 is 0 Å². The van der Waals surface area contributed by atoms with Crippen molar-refractivity contribution in [3.8, 4) is 0 Å². The Bertz CT molecular complexity index is 975. The molecule has 0 aliphatic carbocycles. The summed E-state index contributed by atoms with van der Waals surface area (Å²) in [6.07, 6.45) is 0.570. The number of hydrogen-bond donors (Lipinski definition) is 2. The number of nitrogens with one attached hydrogen (secondary N) is 2. The summed E-state index contributed by atoms with van der Waals surface area (Å²) in [5.74, 6) is -1.00. The van der Waals surface area contributed by atoms with Crippen LogP contribution in [0.1, 0.15) is 45.1 Å². The van der Waals surface area contributed by atoms with Gasteiger partial charge in [0, 0.05) is 6.54 Å². The molecule has 2 N–H and O–H groups in total. The highest BCUT2D eigenvalue weighted by atomic mass is 19.1. The number of benzene rings is 2. The average molecular weight is 391 g/mol. The molecule has 0 saturated heterocycles. The number of aromatic nitrogens is 1. The molecule has 1 heterocycles. The molecule has 0 aliphatic heterocycles. The Morgan fingerprint density at radius 1 is 0.897 bits per heavy atom. The second kappa shape index (κ2) is 9.59. The Labute approximate surface area is 169 Å². The highest BCUT2D eigenvalue weighted by Gasteiger charge is 2.15. The number of nitrogens with zero attached hydrogens (tertiary/aromatic N) is 1. The molecule has 1 aromatic heterocycles. The standard InChI is InChI=1S/C23H22FN3O2/c1-16(18-6-3-2-4-7-18)26-23(29)21-9-5-8-20(27-21)22(28)25-15-14-17-10-12-19(24)13-11-17/h2-13,16H,14-15H2,1H3,(H,25,28)(H,26,29). The SMILES string of the molecule is CC(NC(=O)c1cccc(C(=O)NCCc2ccc(F)cc2)n1)c1ccccc1. The van der Waals surface area contributed by atoms with Crippen LogP contribution in [0, 0.1) is 5.82 Å². The van der Waals surface area contributed by atoms with Crippen LogP contribution in [-0.4, -0.2) is 23.3 Å². The first kappa shape index (κ1) is 20.2. The summed E-state index contributed by atoms with van der Waals surface area (Å²) in [5.41, 5.74) is 2.25. The molecule has 0 aliphatic rings. The molecule has 0 radical (unpaired) electrons. The quantitative estimate of drug-likeness (QED) is 0.645. The van der Waals surface area contributed by atoms with Crippen LogP contribution >= 0.6 is 0 Å². The van der Waals surface area contributed by atoms with Gasteiger partial charge in [0.05, 0.1) is 6.04 Å². The van der Waals surface area contributed by atoms with Crippen molar-refractivity contribution in [2.75, 3.05) is 6.54 Å². The highest BCUT2D eigenvalue weighted by Crippen LogP contribution is 2.12. The fourth-order valence-corrected chi connectivity index (χ4v) is 2.85. The van der Waals surface area contributed by atoms with Gasteiger partial charge in [0.25, 0.3) is 11.8 Å². The maximum atomic E-state index is 12.9. The Morgan fingerprint density at radius 2 is 1.55 bits per heavy atom. The minimum absolute atomic E-state index is 0.170. The van der Waals surface area contributed by atoms with E-state index in [1.807, 2.05) is 37.3 Å². The van der Waals surface area contributed by atoms with Crippen LogP contribution in [0.25, 0.3) is 0 Å². The van der Waals surface area contributed by atoms with Gasteiger partial charge in [-0.05, 0) is 48.7 Å². The predicted molar refractivity (Wildman–Crippen MR) is 109 cm³/mol. The molecule has 0 saturated carbocycles. The summed E-state index contributed by atoms with van der Waals surface area (Å²) in [6.45, 7) is 2.27. The van der Waals surface area contributed by atoms with E-state index in [1.165, 1.54) is 12.1 Å². The van der Waals surface area contributed by atoms with Crippen molar-refractivity contribution >= 4 is 11.8 Å². The van der Waals surface area contributed by atoms with Crippen molar-refractivity contribution in [3.63, 3.8) is 0 Å². The number of carbonyl (C=O) groups is 2. The average Bonchev–Trinajstić information content (AvgIpc) is 2.75. The number of halogens is 1. The lowest BCUT2D eigenvalue weighted by Gasteiger charge is -2.14. The third-order valence-corrected chi connectivity index (χ3v) is 4.47. The number of hydrogen-bond acceptors (Lipinski definition) is 3. The predicted octanol–water partition coefficient (Wildman–Crippen LogP) is 3.68. The largest absolute Gasteiger partial charge is 0.350 e. The van der Waals surface area contributed by atoms with Gasteiger partial charge in [-0.15, -0.1) is 0 Å². The minimum atomic E-state index is -0.363.